The number of carbonyl (C=O) groups is 1. The maximum atomic E-state index is 13.6. The molecule has 1 amide bonds. The SMILES string of the molecule is O=C(c1ccc(F)cc1)N1CCN(c2ncnc3c2c(-c2ccccc2)cn3-c2ccc(F)cc2)CC1. The molecule has 0 N–H and O–H groups in total. The lowest BCUT2D eigenvalue weighted by Crippen LogP contribution is -2.49. The zero-order valence-corrected chi connectivity index (χ0v) is 19.9. The van der Waals surface area contributed by atoms with Gasteiger partial charge in [0, 0.05) is 49.2 Å². The average molecular weight is 496 g/mol. The summed E-state index contributed by atoms with van der Waals surface area (Å²) in [5.41, 5.74) is 3.99. The van der Waals surface area contributed by atoms with Gasteiger partial charge in [-0.3, -0.25) is 4.79 Å². The molecule has 3 heterocycles. The van der Waals surface area contributed by atoms with Crippen molar-refractivity contribution in [1.82, 2.24) is 19.4 Å². The number of halogens is 2. The highest BCUT2D eigenvalue weighted by Gasteiger charge is 2.26. The van der Waals surface area contributed by atoms with Crippen molar-refractivity contribution in [2.45, 2.75) is 0 Å². The van der Waals surface area contributed by atoms with Crippen LogP contribution in [0.25, 0.3) is 27.8 Å². The minimum Gasteiger partial charge on any atom is -0.352 e. The number of piperazine rings is 1. The first-order valence-corrected chi connectivity index (χ1v) is 12.1. The summed E-state index contributed by atoms with van der Waals surface area (Å²) >= 11 is 0. The van der Waals surface area contributed by atoms with Gasteiger partial charge in [0.15, 0.2) is 5.65 Å². The lowest BCUT2D eigenvalue weighted by Gasteiger charge is -2.35. The fraction of sp³-hybridized carbons (Fsp3) is 0.138. The second-order valence-electron chi connectivity index (χ2n) is 8.94. The highest BCUT2D eigenvalue weighted by atomic mass is 19.1. The molecular formula is C29H23F2N5O. The summed E-state index contributed by atoms with van der Waals surface area (Å²) in [7, 11) is 0. The molecule has 3 aromatic carbocycles. The molecule has 2 aromatic heterocycles. The van der Waals surface area contributed by atoms with Crippen LogP contribution in [0.2, 0.25) is 0 Å². The van der Waals surface area contributed by atoms with Crippen molar-refractivity contribution in [3.05, 3.63) is 109 Å². The Labute approximate surface area is 212 Å². The molecule has 1 saturated heterocycles. The lowest BCUT2D eigenvalue weighted by molar-refractivity contribution is 0.0746. The van der Waals surface area contributed by atoms with Crippen molar-refractivity contribution in [1.29, 1.82) is 0 Å². The third-order valence-electron chi connectivity index (χ3n) is 6.71. The van der Waals surface area contributed by atoms with Gasteiger partial charge in [-0.15, -0.1) is 0 Å². The minimum absolute atomic E-state index is 0.111. The molecule has 184 valence electrons. The van der Waals surface area contributed by atoms with Crippen LogP contribution in [0.5, 0.6) is 0 Å². The lowest BCUT2D eigenvalue weighted by atomic mass is 10.1. The van der Waals surface area contributed by atoms with Crippen molar-refractivity contribution >= 4 is 22.8 Å². The summed E-state index contributed by atoms with van der Waals surface area (Å²) in [5.74, 6) is 0.0151. The van der Waals surface area contributed by atoms with Crippen molar-refractivity contribution in [3.63, 3.8) is 0 Å². The van der Waals surface area contributed by atoms with Gasteiger partial charge in [0.1, 0.15) is 23.8 Å². The van der Waals surface area contributed by atoms with Gasteiger partial charge in [-0.25, -0.2) is 18.7 Å². The molecule has 8 heteroatoms. The van der Waals surface area contributed by atoms with Crippen LogP contribution in [0.3, 0.4) is 0 Å². The van der Waals surface area contributed by atoms with E-state index in [-0.39, 0.29) is 17.5 Å². The van der Waals surface area contributed by atoms with Crippen LogP contribution in [0.15, 0.2) is 91.4 Å². The Morgan fingerprint density at radius 1 is 0.757 bits per heavy atom. The maximum Gasteiger partial charge on any atom is 0.253 e. The molecule has 6 nitrogen and oxygen atoms in total. The summed E-state index contributed by atoms with van der Waals surface area (Å²) in [6.07, 6.45) is 3.56. The van der Waals surface area contributed by atoms with E-state index in [1.165, 1.54) is 36.4 Å². The number of hydrogen-bond donors (Lipinski definition) is 0. The van der Waals surface area contributed by atoms with Crippen LogP contribution in [0.4, 0.5) is 14.6 Å². The third kappa shape index (κ3) is 4.31. The van der Waals surface area contributed by atoms with E-state index >= 15 is 0 Å². The standard InChI is InChI=1S/C29H23F2N5O/c30-22-8-6-21(7-9-22)29(37)35-16-14-34(15-17-35)27-26-25(20-4-2-1-3-5-20)18-36(28(26)33-19-32-27)24-12-10-23(31)11-13-24/h1-13,18-19H,14-17H2. The first kappa shape index (κ1) is 22.8. The average Bonchev–Trinajstić information content (AvgIpc) is 3.34. The van der Waals surface area contributed by atoms with E-state index in [0.29, 0.717) is 31.7 Å². The summed E-state index contributed by atoms with van der Waals surface area (Å²) in [6.45, 7) is 2.21. The fourth-order valence-corrected chi connectivity index (χ4v) is 4.82. The van der Waals surface area contributed by atoms with E-state index in [1.807, 2.05) is 41.1 Å². The molecule has 0 unspecified atom stereocenters. The van der Waals surface area contributed by atoms with Gasteiger partial charge < -0.3 is 14.4 Å². The van der Waals surface area contributed by atoms with Crippen molar-refractivity contribution < 1.29 is 13.6 Å². The maximum absolute atomic E-state index is 13.6. The zero-order valence-electron chi connectivity index (χ0n) is 19.9. The van der Waals surface area contributed by atoms with E-state index in [9.17, 15) is 13.6 Å². The van der Waals surface area contributed by atoms with Crippen molar-refractivity contribution in [2.75, 3.05) is 31.1 Å². The molecule has 0 spiro atoms. The number of hydrogen-bond acceptors (Lipinski definition) is 4. The van der Waals surface area contributed by atoms with Crippen LogP contribution in [0, 0.1) is 11.6 Å². The van der Waals surface area contributed by atoms with Gasteiger partial charge in [-0.2, -0.15) is 0 Å². The number of amides is 1. The smallest absolute Gasteiger partial charge is 0.253 e. The molecule has 6 rings (SSSR count). The van der Waals surface area contributed by atoms with Gasteiger partial charge in [0.25, 0.3) is 5.91 Å². The molecule has 1 fully saturated rings. The fourth-order valence-electron chi connectivity index (χ4n) is 4.82. The van der Waals surface area contributed by atoms with Crippen molar-refractivity contribution in [2.24, 2.45) is 0 Å². The predicted molar refractivity (Wildman–Crippen MR) is 139 cm³/mol. The van der Waals surface area contributed by atoms with E-state index in [1.54, 1.807) is 23.4 Å². The second kappa shape index (κ2) is 9.46. The predicted octanol–water partition coefficient (Wildman–Crippen LogP) is 5.33. The monoisotopic (exact) mass is 495 g/mol. The van der Waals surface area contributed by atoms with Gasteiger partial charge in [0.05, 0.1) is 5.39 Å². The summed E-state index contributed by atoms with van der Waals surface area (Å²) < 4.78 is 28.9. The molecule has 0 aliphatic carbocycles. The molecule has 1 aliphatic heterocycles. The van der Waals surface area contributed by atoms with E-state index in [0.717, 1.165) is 33.7 Å². The number of aromatic nitrogens is 3. The molecule has 37 heavy (non-hydrogen) atoms. The highest BCUT2D eigenvalue weighted by molar-refractivity contribution is 6.02. The van der Waals surface area contributed by atoms with E-state index in [2.05, 4.69) is 14.9 Å². The number of rotatable bonds is 4. The van der Waals surface area contributed by atoms with Crippen LogP contribution in [-0.4, -0.2) is 51.5 Å². The normalized spacial score (nSPS) is 13.8. The molecule has 0 atom stereocenters. The first-order chi connectivity index (χ1) is 18.1. The Hall–Kier alpha value is -4.59. The number of carbonyl (C=O) groups excluding carboxylic acids is 1. The number of nitrogens with zero attached hydrogens (tertiary/aromatic N) is 5. The Kier molecular flexibility index (Phi) is 5.84. The Bertz CT molecular complexity index is 1560. The first-order valence-electron chi connectivity index (χ1n) is 12.1. The highest BCUT2D eigenvalue weighted by Crippen LogP contribution is 2.37. The molecule has 0 saturated carbocycles. The van der Waals surface area contributed by atoms with Crippen LogP contribution < -0.4 is 4.90 Å². The quantitative estimate of drug-likeness (QED) is 0.338. The molecule has 0 bridgehead atoms. The Morgan fingerprint density at radius 3 is 2.08 bits per heavy atom. The largest absolute Gasteiger partial charge is 0.352 e. The summed E-state index contributed by atoms with van der Waals surface area (Å²) in [5, 5.41) is 0.899. The van der Waals surface area contributed by atoms with E-state index < -0.39 is 0 Å². The van der Waals surface area contributed by atoms with Gasteiger partial charge in [-0.1, -0.05) is 30.3 Å². The van der Waals surface area contributed by atoms with Gasteiger partial charge in [0.2, 0.25) is 0 Å². The number of anilines is 1. The molecule has 5 aromatic rings. The van der Waals surface area contributed by atoms with Gasteiger partial charge >= 0.3 is 0 Å². The number of fused-ring (bicyclic) bond motifs is 1. The molecule has 0 radical (unpaired) electrons. The number of benzene rings is 3. The minimum atomic E-state index is -0.365. The summed E-state index contributed by atoms with van der Waals surface area (Å²) in [6, 6.07) is 22.0. The zero-order chi connectivity index (χ0) is 25.4. The topological polar surface area (TPSA) is 54.3 Å². The second-order valence-corrected chi connectivity index (χ2v) is 8.94. The van der Waals surface area contributed by atoms with Gasteiger partial charge in [-0.05, 0) is 54.1 Å². The summed E-state index contributed by atoms with van der Waals surface area (Å²) in [4.78, 5) is 26.1. The van der Waals surface area contributed by atoms with Crippen LogP contribution >= 0.6 is 0 Å². The Balaban J connectivity index is 1.36. The Morgan fingerprint density at radius 2 is 1.41 bits per heavy atom. The third-order valence-corrected chi connectivity index (χ3v) is 6.71. The van der Waals surface area contributed by atoms with E-state index in [4.69, 9.17) is 0 Å². The molecule has 1 aliphatic rings. The van der Waals surface area contributed by atoms with Crippen LogP contribution in [-0.2, 0) is 0 Å². The molecular weight excluding hydrogens is 472 g/mol. The van der Waals surface area contributed by atoms with Crippen molar-refractivity contribution in [3.8, 4) is 16.8 Å². The van der Waals surface area contributed by atoms with Crippen LogP contribution in [0.1, 0.15) is 10.4 Å².